The first kappa shape index (κ1) is 29.4. The van der Waals surface area contributed by atoms with Crippen LogP contribution < -0.4 is 9.62 Å². The third kappa shape index (κ3) is 5.55. The van der Waals surface area contributed by atoms with Crippen molar-refractivity contribution in [1.29, 1.82) is 0 Å². The molecule has 11 heteroatoms. The van der Waals surface area contributed by atoms with Gasteiger partial charge >= 0.3 is 0 Å². The molecule has 226 valence electrons. The molecule has 0 saturated carbocycles. The van der Waals surface area contributed by atoms with E-state index in [2.05, 4.69) is 15.5 Å². The number of furan rings is 1. The number of rotatable bonds is 7. The van der Waals surface area contributed by atoms with Gasteiger partial charge in [0, 0.05) is 61.9 Å². The van der Waals surface area contributed by atoms with Crippen LogP contribution in [0.4, 0.5) is 14.5 Å². The molecule has 1 aliphatic rings. The average Bonchev–Trinajstić information content (AvgIpc) is 3.69. The van der Waals surface area contributed by atoms with Gasteiger partial charge in [0.05, 0.1) is 16.9 Å². The van der Waals surface area contributed by atoms with Crippen molar-refractivity contribution in [1.82, 2.24) is 20.4 Å². The van der Waals surface area contributed by atoms with Crippen LogP contribution in [0.25, 0.3) is 33.6 Å². The quantitative estimate of drug-likeness (QED) is 0.194. The van der Waals surface area contributed by atoms with Crippen molar-refractivity contribution in [3.8, 4) is 22.6 Å². The molecule has 0 spiro atoms. The number of aromatic nitrogens is 2. The Labute approximate surface area is 257 Å². The van der Waals surface area contributed by atoms with Crippen molar-refractivity contribution >= 4 is 40.4 Å². The van der Waals surface area contributed by atoms with E-state index in [-0.39, 0.29) is 29.4 Å². The summed E-state index contributed by atoms with van der Waals surface area (Å²) in [6.07, 6.45) is 3.63. The normalized spacial score (nSPS) is 15.0. The van der Waals surface area contributed by atoms with Crippen molar-refractivity contribution in [3.63, 3.8) is 0 Å². The third-order valence-corrected chi connectivity index (χ3v) is 8.85. The van der Waals surface area contributed by atoms with Gasteiger partial charge in [0.15, 0.2) is 0 Å². The predicted octanol–water partition coefficient (Wildman–Crippen LogP) is 6.86. The van der Waals surface area contributed by atoms with E-state index in [1.807, 2.05) is 34.6 Å². The number of nitrogens with zero attached hydrogens (tertiary/aromatic N) is 3. The maximum atomic E-state index is 13.7. The maximum Gasteiger partial charge on any atom is 0.271 e. The first-order chi connectivity index (χ1) is 21.3. The van der Waals surface area contributed by atoms with Crippen LogP contribution in [0.5, 0.6) is 0 Å². The van der Waals surface area contributed by atoms with Crippen molar-refractivity contribution in [2.75, 3.05) is 37.7 Å². The lowest BCUT2D eigenvalue weighted by Gasteiger charge is -2.34. The lowest BCUT2D eigenvalue weighted by Crippen LogP contribution is -2.39. The van der Waals surface area contributed by atoms with Crippen LogP contribution in [0.3, 0.4) is 0 Å². The molecule has 2 N–H and O–H groups in total. The number of H-pyrrole nitrogens is 1. The Morgan fingerprint density at radius 2 is 1.73 bits per heavy atom. The van der Waals surface area contributed by atoms with E-state index < -0.39 is 0 Å². The zero-order valence-corrected chi connectivity index (χ0v) is 25.3. The highest BCUT2D eigenvalue weighted by atomic mass is 32.2. The minimum absolute atomic E-state index is 0.0112. The summed E-state index contributed by atoms with van der Waals surface area (Å²) in [5.41, 5.74) is 5.07. The Morgan fingerprint density at radius 1 is 1.05 bits per heavy atom. The molecule has 5 aromatic rings. The van der Waals surface area contributed by atoms with Gasteiger partial charge in [0.1, 0.15) is 28.7 Å². The lowest BCUT2D eigenvalue weighted by atomic mass is 9.88. The van der Waals surface area contributed by atoms with E-state index >= 15 is 0 Å². The van der Waals surface area contributed by atoms with E-state index in [1.165, 1.54) is 24.3 Å². The zero-order valence-electron chi connectivity index (χ0n) is 24.5. The molecule has 0 bridgehead atoms. The summed E-state index contributed by atoms with van der Waals surface area (Å²) in [5, 5.41) is 10.5. The number of hydrogen-bond acceptors (Lipinski definition) is 6. The Balaban J connectivity index is 1.36. The molecular weight excluding hydrogens is 584 g/mol. The van der Waals surface area contributed by atoms with Gasteiger partial charge in [0.25, 0.3) is 11.8 Å². The fourth-order valence-corrected chi connectivity index (χ4v) is 6.14. The maximum absolute atomic E-state index is 13.7. The van der Waals surface area contributed by atoms with Gasteiger partial charge in [-0.1, -0.05) is 11.9 Å². The number of hydrogen-bond donors (Lipinski definition) is 2. The standard InChI is InChI=1S/C33H31F2N5O3S/c1-36-32(41)30-25-15-24(28(39(2)44-3)17-29(25)43-31(30)20-8-12-23(35)13-9-20)21-5-4-14-40(18-21)33(42)27-16-26(37-38-27)19-6-10-22(34)11-7-19/h6-13,15-17,21H,4-5,14,18H2,1-3H3,(H,36,41)(H,37,38). The molecule has 2 aromatic heterocycles. The SMILES string of the molecule is CNC(=O)c1c(-c2ccc(F)cc2)oc2cc(N(C)SC)c(C3CCCN(C(=O)c4cc(-c5ccc(F)cc5)n[nH]4)C3)cc12. The number of nitrogens with one attached hydrogen (secondary N) is 2. The number of carbonyl (C=O) groups is 2. The highest BCUT2D eigenvalue weighted by Gasteiger charge is 2.31. The molecule has 1 aliphatic heterocycles. The molecule has 6 rings (SSSR count). The van der Waals surface area contributed by atoms with Crippen LogP contribution in [-0.4, -0.2) is 60.4 Å². The second-order valence-electron chi connectivity index (χ2n) is 10.7. The molecule has 1 unspecified atom stereocenters. The fourth-order valence-electron chi connectivity index (χ4n) is 5.79. The van der Waals surface area contributed by atoms with Gasteiger partial charge in [-0.05, 0) is 79.1 Å². The fraction of sp³-hybridized carbons (Fsp3) is 0.242. The number of benzene rings is 3. The lowest BCUT2D eigenvalue weighted by molar-refractivity contribution is 0.0701. The summed E-state index contributed by atoms with van der Waals surface area (Å²) in [6, 6.07) is 17.5. The molecular formula is C33H31F2N5O3S. The Bertz CT molecular complexity index is 1840. The van der Waals surface area contributed by atoms with Gasteiger partial charge in [-0.15, -0.1) is 0 Å². The number of carbonyl (C=O) groups excluding carboxylic acids is 2. The van der Waals surface area contributed by atoms with Crippen molar-refractivity contribution in [3.05, 3.63) is 95.2 Å². The molecule has 3 heterocycles. The largest absolute Gasteiger partial charge is 0.455 e. The van der Waals surface area contributed by atoms with Crippen molar-refractivity contribution in [2.45, 2.75) is 18.8 Å². The number of piperidine rings is 1. The molecule has 0 radical (unpaired) electrons. The molecule has 0 aliphatic carbocycles. The summed E-state index contributed by atoms with van der Waals surface area (Å²) in [6.45, 7) is 1.07. The minimum Gasteiger partial charge on any atom is -0.455 e. The van der Waals surface area contributed by atoms with E-state index in [9.17, 15) is 18.4 Å². The smallest absolute Gasteiger partial charge is 0.271 e. The van der Waals surface area contributed by atoms with Gasteiger partial charge < -0.3 is 18.9 Å². The Hall–Kier alpha value is -4.64. The topological polar surface area (TPSA) is 94.5 Å². The van der Waals surface area contributed by atoms with Crippen LogP contribution in [0, 0.1) is 11.6 Å². The van der Waals surface area contributed by atoms with Crippen molar-refractivity contribution in [2.24, 2.45) is 0 Å². The van der Waals surface area contributed by atoms with Crippen LogP contribution in [-0.2, 0) is 0 Å². The van der Waals surface area contributed by atoms with Crippen LogP contribution in [0.1, 0.15) is 45.2 Å². The number of fused-ring (bicyclic) bond motifs is 1. The van der Waals surface area contributed by atoms with Crippen LogP contribution in [0.2, 0.25) is 0 Å². The molecule has 44 heavy (non-hydrogen) atoms. The van der Waals surface area contributed by atoms with Gasteiger partial charge in [-0.3, -0.25) is 14.7 Å². The number of likely N-dealkylation sites (tertiary alicyclic amines) is 1. The van der Waals surface area contributed by atoms with Gasteiger partial charge in [-0.25, -0.2) is 8.78 Å². The molecule has 3 aromatic carbocycles. The Morgan fingerprint density at radius 3 is 2.39 bits per heavy atom. The second kappa shape index (κ2) is 12.2. The van der Waals surface area contributed by atoms with E-state index in [0.717, 1.165) is 24.1 Å². The summed E-state index contributed by atoms with van der Waals surface area (Å²) in [4.78, 5) is 28.6. The van der Waals surface area contributed by atoms with Gasteiger partial charge in [-0.2, -0.15) is 5.10 Å². The summed E-state index contributed by atoms with van der Waals surface area (Å²) < 4.78 is 35.4. The first-order valence-corrected chi connectivity index (χ1v) is 15.4. The first-order valence-electron chi connectivity index (χ1n) is 14.2. The highest BCUT2D eigenvalue weighted by Crippen LogP contribution is 2.42. The number of aromatic amines is 1. The molecule has 2 amide bonds. The highest BCUT2D eigenvalue weighted by molar-refractivity contribution is 7.99. The molecule has 8 nitrogen and oxygen atoms in total. The van der Waals surface area contributed by atoms with E-state index in [4.69, 9.17) is 4.42 Å². The van der Waals surface area contributed by atoms with Crippen LogP contribution >= 0.6 is 11.9 Å². The molecule has 1 fully saturated rings. The number of amides is 2. The Kier molecular flexibility index (Phi) is 8.13. The van der Waals surface area contributed by atoms with E-state index in [0.29, 0.717) is 57.9 Å². The minimum atomic E-state index is -0.379. The summed E-state index contributed by atoms with van der Waals surface area (Å²) in [5.74, 6) is -0.834. The third-order valence-electron chi connectivity index (χ3n) is 8.11. The average molecular weight is 616 g/mol. The molecule has 1 atom stereocenters. The number of halogens is 2. The summed E-state index contributed by atoms with van der Waals surface area (Å²) >= 11 is 1.54. The number of anilines is 1. The van der Waals surface area contributed by atoms with Crippen LogP contribution in [0.15, 0.2) is 71.1 Å². The molecule has 1 saturated heterocycles. The second-order valence-corrected chi connectivity index (χ2v) is 11.7. The van der Waals surface area contributed by atoms with Crippen molar-refractivity contribution < 1.29 is 22.8 Å². The monoisotopic (exact) mass is 615 g/mol. The summed E-state index contributed by atoms with van der Waals surface area (Å²) in [7, 11) is 3.53. The predicted molar refractivity (Wildman–Crippen MR) is 169 cm³/mol. The zero-order chi connectivity index (χ0) is 31.0. The van der Waals surface area contributed by atoms with E-state index in [1.54, 1.807) is 49.3 Å². The van der Waals surface area contributed by atoms with Gasteiger partial charge in [0.2, 0.25) is 0 Å².